The topological polar surface area (TPSA) is 34.1 Å². The van der Waals surface area contributed by atoms with Crippen molar-refractivity contribution < 1.29 is 4.74 Å². The molecule has 0 aliphatic rings. The van der Waals surface area contributed by atoms with Gasteiger partial charge >= 0.3 is 0 Å². The van der Waals surface area contributed by atoms with Crippen LogP contribution in [0.1, 0.15) is 29.8 Å². The quantitative estimate of drug-likeness (QED) is 0.868. The van der Waals surface area contributed by atoms with E-state index in [4.69, 9.17) is 4.74 Å². The molecule has 18 heavy (non-hydrogen) atoms. The van der Waals surface area contributed by atoms with E-state index < -0.39 is 0 Å². The predicted octanol–water partition coefficient (Wildman–Crippen LogP) is 3.14. The highest BCUT2D eigenvalue weighted by molar-refractivity contribution is 7.07. The molecule has 3 nitrogen and oxygen atoms in total. The second kappa shape index (κ2) is 6.64. The van der Waals surface area contributed by atoms with Crippen molar-refractivity contribution in [1.82, 2.24) is 10.3 Å². The molecule has 0 saturated carbocycles. The van der Waals surface area contributed by atoms with Gasteiger partial charge in [-0.2, -0.15) is 0 Å². The molecule has 1 heterocycles. The van der Waals surface area contributed by atoms with Gasteiger partial charge in [-0.1, -0.05) is 24.3 Å². The number of rotatable bonds is 6. The summed E-state index contributed by atoms with van der Waals surface area (Å²) < 4.78 is 5.14. The summed E-state index contributed by atoms with van der Waals surface area (Å²) in [6.07, 6.45) is 0. The number of hydrogen-bond donors (Lipinski definition) is 1. The molecule has 1 unspecified atom stereocenters. The van der Waals surface area contributed by atoms with Gasteiger partial charge in [-0.25, -0.2) is 4.98 Å². The molecule has 0 amide bonds. The SMILES string of the molecule is COCc1cccc(CNC(C)c2cscn2)c1. The van der Waals surface area contributed by atoms with Crippen LogP contribution < -0.4 is 5.32 Å². The predicted molar refractivity (Wildman–Crippen MR) is 74.5 cm³/mol. The molecule has 0 saturated heterocycles. The lowest BCUT2D eigenvalue weighted by Crippen LogP contribution is -2.18. The standard InChI is InChI=1S/C14H18N2OS/c1-11(14-9-18-10-16-14)15-7-12-4-3-5-13(6-12)8-17-2/h3-6,9-11,15H,7-8H2,1-2H3. The first-order valence-electron chi connectivity index (χ1n) is 5.98. The van der Waals surface area contributed by atoms with Crippen molar-refractivity contribution in [1.29, 1.82) is 0 Å². The summed E-state index contributed by atoms with van der Waals surface area (Å²) in [5, 5.41) is 5.56. The van der Waals surface area contributed by atoms with Crippen molar-refractivity contribution in [2.75, 3.05) is 7.11 Å². The van der Waals surface area contributed by atoms with Crippen LogP contribution in [0.2, 0.25) is 0 Å². The molecular formula is C14H18N2OS. The van der Waals surface area contributed by atoms with Crippen LogP contribution >= 0.6 is 11.3 Å². The van der Waals surface area contributed by atoms with Crippen LogP contribution in [-0.4, -0.2) is 12.1 Å². The number of ether oxygens (including phenoxy) is 1. The van der Waals surface area contributed by atoms with Gasteiger partial charge in [-0.05, 0) is 18.1 Å². The lowest BCUT2D eigenvalue weighted by molar-refractivity contribution is 0.185. The average Bonchev–Trinajstić information content (AvgIpc) is 2.91. The molecule has 2 rings (SSSR count). The van der Waals surface area contributed by atoms with Crippen LogP contribution in [0.3, 0.4) is 0 Å². The van der Waals surface area contributed by atoms with Crippen molar-refractivity contribution in [2.24, 2.45) is 0 Å². The Morgan fingerprint density at radius 2 is 2.22 bits per heavy atom. The summed E-state index contributed by atoms with van der Waals surface area (Å²) in [7, 11) is 1.72. The van der Waals surface area contributed by atoms with Gasteiger partial charge in [0.15, 0.2) is 0 Å². The van der Waals surface area contributed by atoms with Gasteiger partial charge < -0.3 is 10.1 Å². The van der Waals surface area contributed by atoms with Crippen LogP contribution in [0, 0.1) is 0 Å². The molecule has 2 aromatic rings. The number of thiazole rings is 1. The highest BCUT2D eigenvalue weighted by atomic mass is 32.1. The van der Waals surface area contributed by atoms with Gasteiger partial charge in [0.1, 0.15) is 0 Å². The zero-order valence-electron chi connectivity index (χ0n) is 10.7. The average molecular weight is 262 g/mol. The maximum Gasteiger partial charge on any atom is 0.0795 e. The minimum atomic E-state index is 0.280. The number of nitrogens with one attached hydrogen (secondary N) is 1. The highest BCUT2D eigenvalue weighted by Gasteiger charge is 2.06. The zero-order valence-corrected chi connectivity index (χ0v) is 11.5. The third-order valence-corrected chi connectivity index (χ3v) is 3.41. The van der Waals surface area contributed by atoms with E-state index in [1.54, 1.807) is 18.4 Å². The number of nitrogens with zero attached hydrogens (tertiary/aromatic N) is 1. The fourth-order valence-corrected chi connectivity index (χ4v) is 2.46. The molecule has 1 N–H and O–H groups in total. The van der Waals surface area contributed by atoms with E-state index in [-0.39, 0.29) is 6.04 Å². The summed E-state index contributed by atoms with van der Waals surface area (Å²) in [5.74, 6) is 0. The smallest absolute Gasteiger partial charge is 0.0795 e. The Bertz CT molecular complexity index is 470. The molecule has 1 atom stereocenters. The Hall–Kier alpha value is -1.23. The van der Waals surface area contributed by atoms with Gasteiger partial charge in [0.25, 0.3) is 0 Å². The monoisotopic (exact) mass is 262 g/mol. The van der Waals surface area contributed by atoms with Crippen LogP contribution in [0.25, 0.3) is 0 Å². The Morgan fingerprint density at radius 3 is 2.94 bits per heavy atom. The highest BCUT2D eigenvalue weighted by Crippen LogP contribution is 2.13. The molecule has 1 aromatic heterocycles. The minimum Gasteiger partial charge on any atom is -0.380 e. The third kappa shape index (κ3) is 3.63. The summed E-state index contributed by atoms with van der Waals surface area (Å²) in [4.78, 5) is 4.31. The maximum atomic E-state index is 5.14. The summed E-state index contributed by atoms with van der Waals surface area (Å²) >= 11 is 1.63. The molecule has 0 aliphatic carbocycles. The molecule has 0 fully saturated rings. The van der Waals surface area contributed by atoms with Crippen molar-refractivity contribution in [3.05, 3.63) is 52.0 Å². The number of hydrogen-bond acceptors (Lipinski definition) is 4. The summed E-state index contributed by atoms with van der Waals surface area (Å²) in [5.41, 5.74) is 5.45. The van der Waals surface area contributed by atoms with E-state index in [2.05, 4.69) is 46.9 Å². The minimum absolute atomic E-state index is 0.280. The molecule has 1 aromatic carbocycles. The first-order chi connectivity index (χ1) is 8.79. The Balaban J connectivity index is 1.91. The molecule has 96 valence electrons. The second-order valence-corrected chi connectivity index (χ2v) is 4.99. The fraction of sp³-hybridized carbons (Fsp3) is 0.357. The molecule has 0 bridgehead atoms. The van der Waals surface area contributed by atoms with E-state index in [1.165, 1.54) is 11.1 Å². The van der Waals surface area contributed by atoms with E-state index in [1.807, 2.05) is 5.51 Å². The normalized spacial score (nSPS) is 12.6. The third-order valence-electron chi connectivity index (χ3n) is 2.81. The van der Waals surface area contributed by atoms with Gasteiger partial charge in [0.2, 0.25) is 0 Å². The van der Waals surface area contributed by atoms with Crippen LogP contribution in [0.5, 0.6) is 0 Å². The van der Waals surface area contributed by atoms with E-state index in [0.717, 1.165) is 12.2 Å². The lowest BCUT2D eigenvalue weighted by atomic mass is 10.1. The maximum absolute atomic E-state index is 5.14. The van der Waals surface area contributed by atoms with Crippen molar-refractivity contribution in [2.45, 2.75) is 26.1 Å². The number of methoxy groups -OCH3 is 1. The molecule has 0 aliphatic heterocycles. The summed E-state index contributed by atoms with van der Waals surface area (Å²) in [6.45, 7) is 3.64. The van der Waals surface area contributed by atoms with Crippen LogP contribution in [0.4, 0.5) is 0 Å². The zero-order chi connectivity index (χ0) is 12.8. The molecular weight excluding hydrogens is 244 g/mol. The largest absolute Gasteiger partial charge is 0.380 e. The van der Waals surface area contributed by atoms with E-state index >= 15 is 0 Å². The Kier molecular flexibility index (Phi) is 4.87. The first kappa shape index (κ1) is 13.2. The van der Waals surface area contributed by atoms with E-state index in [9.17, 15) is 0 Å². The van der Waals surface area contributed by atoms with Gasteiger partial charge in [0.05, 0.1) is 17.8 Å². The molecule has 4 heteroatoms. The first-order valence-corrected chi connectivity index (χ1v) is 6.92. The van der Waals surface area contributed by atoms with Gasteiger partial charge in [-0.15, -0.1) is 11.3 Å². The Morgan fingerprint density at radius 1 is 1.39 bits per heavy atom. The molecule has 0 radical (unpaired) electrons. The van der Waals surface area contributed by atoms with Crippen molar-refractivity contribution in [3.63, 3.8) is 0 Å². The lowest BCUT2D eigenvalue weighted by Gasteiger charge is -2.12. The van der Waals surface area contributed by atoms with Gasteiger partial charge in [0, 0.05) is 25.1 Å². The fourth-order valence-electron chi connectivity index (χ4n) is 1.81. The van der Waals surface area contributed by atoms with Crippen molar-refractivity contribution >= 4 is 11.3 Å². The second-order valence-electron chi connectivity index (χ2n) is 4.27. The van der Waals surface area contributed by atoms with Crippen LogP contribution in [-0.2, 0) is 17.9 Å². The summed E-state index contributed by atoms with van der Waals surface area (Å²) in [6, 6.07) is 8.72. The van der Waals surface area contributed by atoms with E-state index in [0.29, 0.717) is 6.61 Å². The van der Waals surface area contributed by atoms with Gasteiger partial charge in [-0.3, -0.25) is 0 Å². The number of aromatic nitrogens is 1. The Labute approximate surface area is 112 Å². The number of benzene rings is 1. The van der Waals surface area contributed by atoms with Crippen molar-refractivity contribution in [3.8, 4) is 0 Å². The molecule has 0 spiro atoms. The van der Waals surface area contributed by atoms with Crippen LogP contribution in [0.15, 0.2) is 35.2 Å².